The third-order valence-corrected chi connectivity index (χ3v) is 8.44. The zero-order valence-corrected chi connectivity index (χ0v) is 22.0. The number of carbonyl (C=O) groups is 2. The van der Waals surface area contributed by atoms with E-state index in [9.17, 15) is 9.59 Å². The lowest BCUT2D eigenvalue weighted by Crippen LogP contribution is -2.34. The highest BCUT2D eigenvalue weighted by Crippen LogP contribution is 2.44. The van der Waals surface area contributed by atoms with Crippen LogP contribution in [0.3, 0.4) is 0 Å². The Hall–Kier alpha value is -3.82. The van der Waals surface area contributed by atoms with Gasteiger partial charge in [0.15, 0.2) is 6.61 Å². The van der Waals surface area contributed by atoms with Crippen molar-refractivity contribution in [1.29, 1.82) is 0 Å². The molecule has 0 radical (unpaired) electrons. The van der Waals surface area contributed by atoms with Crippen molar-refractivity contribution >= 4 is 56.7 Å². The zero-order chi connectivity index (χ0) is 26.2. The van der Waals surface area contributed by atoms with Gasteiger partial charge in [-0.15, -0.1) is 11.3 Å². The van der Waals surface area contributed by atoms with Crippen LogP contribution in [0.1, 0.15) is 46.5 Å². The maximum absolute atomic E-state index is 13.4. The second kappa shape index (κ2) is 10.2. The Morgan fingerprint density at radius 3 is 2.82 bits per heavy atom. The molecule has 3 aromatic heterocycles. The molecule has 0 bridgehead atoms. The molecule has 4 aromatic rings. The number of halogens is 1. The molecule has 8 nitrogen and oxygen atoms in total. The fourth-order valence-corrected chi connectivity index (χ4v) is 6.48. The fourth-order valence-electron chi connectivity index (χ4n) is 5.05. The van der Waals surface area contributed by atoms with Gasteiger partial charge in [-0.1, -0.05) is 11.6 Å². The van der Waals surface area contributed by atoms with Crippen molar-refractivity contribution in [3.05, 3.63) is 82.0 Å². The van der Waals surface area contributed by atoms with Gasteiger partial charge in [-0.3, -0.25) is 4.79 Å². The third kappa shape index (κ3) is 4.41. The van der Waals surface area contributed by atoms with Gasteiger partial charge in [-0.2, -0.15) is 5.10 Å². The van der Waals surface area contributed by atoms with Crippen LogP contribution in [0.4, 0.5) is 0 Å². The number of rotatable bonds is 6. The molecule has 1 amide bonds. The first-order valence-corrected chi connectivity index (χ1v) is 13.3. The molecule has 194 valence electrons. The minimum atomic E-state index is -0.666. The summed E-state index contributed by atoms with van der Waals surface area (Å²) in [5, 5.41) is 7.14. The SMILES string of the molecule is COc1ccc2c(Cl)c(C(=O)OCC(=O)N3N=C4C(=Cc5ccco5)CCCC4C3c3ccco3)sc2c1. The quantitative estimate of drug-likeness (QED) is 0.247. The van der Waals surface area contributed by atoms with Crippen LogP contribution in [-0.2, 0) is 9.53 Å². The van der Waals surface area contributed by atoms with E-state index in [0.29, 0.717) is 16.5 Å². The Bertz CT molecular complexity index is 1550. The molecule has 2 unspecified atom stereocenters. The van der Waals surface area contributed by atoms with E-state index in [1.54, 1.807) is 43.9 Å². The van der Waals surface area contributed by atoms with Crippen LogP contribution in [-0.4, -0.2) is 36.3 Å². The monoisotopic (exact) mass is 550 g/mol. The average Bonchev–Trinajstić information content (AvgIpc) is 3.73. The van der Waals surface area contributed by atoms with Crippen LogP contribution < -0.4 is 4.74 Å². The summed E-state index contributed by atoms with van der Waals surface area (Å²) in [5.41, 5.74) is 1.85. The number of benzene rings is 1. The highest BCUT2D eigenvalue weighted by Gasteiger charge is 2.45. The number of methoxy groups -OCH3 is 1. The lowest BCUT2D eigenvalue weighted by Gasteiger charge is -2.27. The first kappa shape index (κ1) is 24.5. The van der Waals surface area contributed by atoms with Gasteiger partial charge in [0.25, 0.3) is 5.91 Å². The summed E-state index contributed by atoms with van der Waals surface area (Å²) in [6.07, 6.45) is 7.79. The number of allylic oxidation sites excluding steroid dienone is 1. The number of nitrogens with zero attached hydrogens (tertiary/aromatic N) is 2. The number of esters is 1. The molecule has 1 aliphatic heterocycles. The number of carbonyl (C=O) groups excluding carboxylic acids is 2. The Morgan fingerprint density at radius 2 is 2.05 bits per heavy atom. The van der Waals surface area contributed by atoms with Crippen LogP contribution >= 0.6 is 22.9 Å². The van der Waals surface area contributed by atoms with Crippen molar-refractivity contribution in [3.63, 3.8) is 0 Å². The van der Waals surface area contributed by atoms with E-state index in [1.165, 1.54) is 16.3 Å². The summed E-state index contributed by atoms with van der Waals surface area (Å²) < 4.78 is 22.7. The first-order valence-electron chi connectivity index (χ1n) is 12.1. The van der Waals surface area contributed by atoms with E-state index >= 15 is 0 Å². The van der Waals surface area contributed by atoms with Gasteiger partial charge < -0.3 is 18.3 Å². The van der Waals surface area contributed by atoms with Gasteiger partial charge in [-0.05, 0) is 73.4 Å². The summed E-state index contributed by atoms with van der Waals surface area (Å²) in [6.45, 7) is -0.481. The van der Waals surface area contributed by atoms with Gasteiger partial charge in [0.1, 0.15) is 28.2 Å². The second-order valence-electron chi connectivity index (χ2n) is 9.05. The normalized spacial score (nSPS) is 20.0. The standard InChI is InChI=1S/C28H23ClN2O6S/c1-34-17-9-10-19-22(14-17)38-27(24(19)29)28(33)37-15-23(32)31-26(21-8-4-12-36-21)20-7-2-5-16(25(20)30-31)13-18-6-3-11-35-18/h3-4,6,8-14,20,26H,2,5,7,15H2,1H3. The van der Waals surface area contributed by atoms with Gasteiger partial charge in [0.2, 0.25) is 0 Å². The third-order valence-electron chi connectivity index (χ3n) is 6.80. The van der Waals surface area contributed by atoms with Crippen LogP contribution in [0.15, 0.2) is 74.5 Å². The largest absolute Gasteiger partial charge is 0.497 e. The second-order valence-corrected chi connectivity index (χ2v) is 10.5. The van der Waals surface area contributed by atoms with Gasteiger partial charge in [0, 0.05) is 16.0 Å². The summed E-state index contributed by atoms with van der Waals surface area (Å²) in [7, 11) is 1.57. The Kier molecular flexibility index (Phi) is 6.55. The predicted molar refractivity (Wildman–Crippen MR) is 143 cm³/mol. The molecule has 0 spiro atoms. The predicted octanol–water partition coefficient (Wildman–Crippen LogP) is 6.73. The van der Waals surface area contributed by atoms with Crippen LogP contribution in [0, 0.1) is 5.92 Å². The van der Waals surface area contributed by atoms with Gasteiger partial charge >= 0.3 is 5.97 Å². The molecule has 1 aliphatic carbocycles. The van der Waals surface area contributed by atoms with Crippen molar-refractivity contribution in [2.75, 3.05) is 13.7 Å². The number of ether oxygens (including phenoxy) is 2. The van der Waals surface area contributed by atoms with Crippen LogP contribution in [0.5, 0.6) is 5.75 Å². The smallest absolute Gasteiger partial charge is 0.350 e. The minimum absolute atomic E-state index is 0.0391. The highest BCUT2D eigenvalue weighted by molar-refractivity contribution is 7.21. The molecule has 10 heteroatoms. The van der Waals surface area contributed by atoms with Crippen LogP contribution in [0.25, 0.3) is 16.2 Å². The molecule has 2 aliphatic rings. The Morgan fingerprint density at radius 1 is 1.21 bits per heavy atom. The van der Waals surface area contributed by atoms with E-state index < -0.39 is 24.5 Å². The topological polar surface area (TPSA) is 94.5 Å². The number of fused-ring (bicyclic) bond motifs is 2. The Labute approximate surface area is 227 Å². The van der Waals surface area contributed by atoms with Crippen molar-refractivity contribution in [2.24, 2.45) is 11.0 Å². The van der Waals surface area contributed by atoms with E-state index in [0.717, 1.165) is 46.4 Å². The summed E-state index contributed by atoms with van der Waals surface area (Å²) in [6, 6.07) is 12.3. The highest BCUT2D eigenvalue weighted by atomic mass is 35.5. The molecule has 1 saturated carbocycles. The van der Waals surface area contributed by atoms with E-state index in [-0.39, 0.29) is 10.8 Å². The fraction of sp³-hybridized carbons (Fsp3) is 0.250. The molecule has 2 atom stereocenters. The zero-order valence-electron chi connectivity index (χ0n) is 20.4. The maximum atomic E-state index is 13.4. The van der Waals surface area contributed by atoms with E-state index in [1.807, 2.05) is 24.3 Å². The van der Waals surface area contributed by atoms with Gasteiger partial charge in [-0.25, -0.2) is 9.80 Å². The number of hydrazone groups is 1. The number of hydrogen-bond acceptors (Lipinski definition) is 8. The maximum Gasteiger partial charge on any atom is 0.350 e. The lowest BCUT2D eigenvalue weighted by molar-refractivity contribution is -0.137. The molecule has 0 N–H and O–H groups in total. The molecule has 38 heavy (non-hydrogen) atoms. The van der Waals surface area contributed by atoms with Gasteiger partial charge in [0.05, 0.1) is 30.4 Å². The molecular weight excluding hydrogens is 528 g/mol. The number of hydrogen-bond donors (Lipinski definition) is 0. The minimum Gasteiger partial charge on any atom is -0.497 e. The molecule has 1 aromatic carbocycles. The van der Waals surface area contributed by atoms with Crippen molar-refractivity contribution in [1.82, 2.24) is 5.01 Å². The van der Waals surface area contributed by atoms with Crippen molar-refractivity contribution in [2.45, 2.75) is 25.3 Å². The molecule has 6 rings (SSSR count). The molecule has 0 saturated heterocycles. The summed E-state index contributed by atoms with van der Waals surface area (Å²) in [5.74, 6) is 0.870. The number of amides is 1. The average molecular weight is 551 g/mol. The van der Waals surface area contributed by atoms with Crippen molar-refractivity contribution < 1.29 is 27.9 Å². The first-order chi connectivity index (χ1) is 18.5. The molecule has 1 fully saturated rings. The van der Waals surface area contributed by atoms with Crippen molar-refractivity contribution in [3.8, 4) is 5.75 Å². The van der Waals surface area contributed by atoms with E-state index in [4.69, 9.17) is 35.0 Å². The summed E-state index contributed by atoms with van der Waals surface area (Å²) >= 11 is 7.65. The number of thiophene rings is 1. The Balaban J connectivity index is 1.24. The van der Waals surface area contributed by atoms with E-state index in [2.05, 4.69) is 0 Å². The number of furan rings is 2. The lowest BCUT2D eigenvalue weighted by atomic mass is 9.79. The molecule has 4 heterocycles. The summed E-state index contributed by atoms with van der Waals surface area (Å²) in [4.78, 5) is 26.6. The van der Waals surface area contributed by atoms with Crippen LogP contribution in [0.2, 0.25) is 5.02 Å². The molecular formula is C28H23ClN2O6S.